The number of ether oxygens (including phenoxy) is 1. The van der Waals surface area contributed by atoms with Gasteiger partial charge in [0.15, 0.2) is 0 Å². The van der Waals surface area contributed by atoms with E-state index in [2.05, 4.69) is 11.5 Å². The van der Waals surface area contributed by atoms with E-state index in [1.165, 1.54) is 0 Å². The summed E-state index contributed by atoms with van der Waals surface area (Å²) in [6, 6.07) is 13.5. The molecule has 1 heterocycles. The van der Waals surface area contributed by atoms with E-state index in [9.17, 15) is 4.79 Å². The number of hydrogen-bond donors (Lipinski definition) is 0. The highest BCUT2D eigenvalue weighted by Gasteiger charge is 2.19. The fourth-order valence-electron chi connectivity index (χ4n) is 2.70. The van der Waals surface area contributed by atoms with Crippen molar-refractivity contribution < 1.29 is 9.53 Å². The zero-order valence-corrected chi connectivity index (χ0v) is 16.3. The van der Waals surface area contributed by atoms with Gasteiger partial charge in [0.25, 0.3) is 0 Å². The second-order valence-electron chi connectivity index (χ2n) is 6.34. The zero-order valence-electron chi connectivity index (χ0n) is 15.5. The van der Waals surface area contributed by atoms with Crippen molar-refractivity contribution in [2.45, 2.75) is 19.3 Å². The summed E-state index contributed by atoms with van der Waals surface area (Å²) in [6.07, 6.45) is 0.900. The Morgan fingerprint density at radius 2 is 1.92 bits per heavy atom. The highest BCUT2D eigenvalue weighted by atomic mass is 35.5. The van der Waals surface area contributed by atoms with Crippen LogP contribution >= 0.6 is 11.6 Å². The number of nitrogens with zero attached hydrogens (tertiary/aromatic N) is 2. The largest absolute Gasteiger partial charge is 0.462 e. The van der Waals surface area contributed by atoms with Crippen LogP contribution in [-0.4, -0.2) is 43.1 Å². The first-order valence-electron chi connectivity index (χ1n) is 8.66. The molecule has 0 fully saturated rings. The van der Waals surface area contributed by atoms with Crippen LogP contribution in [0.15, 0.2) is 49.0 Å². The smallest absolute Gasteiger partial charge is 0.339 e. The van der Waals surface area contributed by atoms with Crippen LogP contribution in [0.25, 0.3) is 5.57 Å². The molecule has 0 saturated carbocycles. The fraction of sp³-hybridized carbons (Fsp3) is 0.333. The number of rotatable bonds is 8. The summed E-state index contributed by atoms with van der Waals surface area (Å²) in [7, 11) is 4.09. The molecule has 138 valence electrons. The minimum atomic E-state index is -0.437. The van der Waals surface area contributed by atoms with E-state index in [0.717, 1.165) is 24.2 Å². The van der Waals surface area contributed by atoms with E-state index < -0.39 is 5.97 Å². The quantitative estimate of drug-likeness (QED) is 0.509. The van der Waals surface area contributed by atoms with Gasteiger partial charge in [0.1, 0.15) is 0 Å². The number of aromatic nitrogens is 1. The molecule has 4 nitrogen and oxygen atoms in total. The van der Waals surface area contributed by atoms with Gasteiger partial charge >= 0.3 is 5.97 Å². The average Bonchev–Trinajstić information content (AvgIpc) is 2.63. The lowest BCUT2D eigenvalue weighted by Crippen LogP contribution is -2.17. The van der Waals surface area contributed by atoms with Gasteiger partial charge in [-0.1, -0.05) is 36.4 Å². The van der Waals surface area contributed by atoms with Gasteiger partial charge in [-0.05, 0) is 63.8 Å². The topological polar surface area (TPSA) is 42.4 Å². The van der Waals surface area contributed by atoms with Crippen LogP contribution in [0.3, 0.4) is 0 Å². The Morgan fingerprint density at radius 1 is 1.23 bits per heavy atom. The first-order valence-corrected chi connectivity index (χ1v) is 9.03. The van der Waals surface area contributed by atoms with Crippen molar-refractivity contribution in [2.75, 3.05) is 27.2 Å². The molecule has 0 radical (unpaired) electrons. The van der Waals surface area contributed by atoms with Crippen molar-refractivity contribution in [1.29, 1.82) is 0 Å². The van der Waals surface area contributed by atoms with Gasteiger partial charge in [-0.25, -0.2) is 4.79 Å². The summed E-state index contributed by atoms with van der Waals surface area (Å²) >= 11 is 6.03. The van der Waals surface area contributed by atoms with E-state index in [0.29, 0.717) is 17.3 Å². The molecular formula is C21H25ClN2O2. The van der Waals surface area contributed by atoms with Gasteiger partial charge in [-0.2, -0.15) is 0 Å². The first-order chi connectivity index (χ1) is 12.4. The number of carbonyl (C=O) groups excluding carboxylic acids is 1. The maximum absolute atomic E-state index is 12.0. The van der Waals surface area contributed by atoms with Crippen molar-refractivity contribution in [1.82, 2.24) is 9.88 Å². The number of esters is 1. The number of benzene rings is 1. The minimum Gasteiger partial charge on any atom is -0.462 e. The van der Waals surface area contributed by atoms with E-state index in [4.69, 9.17) is 21.3 Å². The number of carbonyl (C=O) groups is 1. The summed E-state index contributed by atoms with van der Waals surface area (Å²) in [5.74, 6) is -0.335. The van der Waals surface area contributed by atoms with Crippen molar-refractivity contribution in [2.24, 2.45) is 0 Å². The lowest BCUT2D eigenvalue weighted by atomic mass is 9.91. The molecule has 0 spiro atoms. The maximum atomic E-state index is 12.0. The molecule has 1 unspecified atom stereocenters. The van der Waals surface area contributed by atoms with Crippen LogP contribution in [0.5, 0.6) is 0 Å². The molecule has 1 aromatic heterocycles. The Labute approximate surface area is 160 Å². The third-order valence-corrected chi connectivity index (χ3v) is 4.35. The van der Waals surface area contributed by atoms with Crippen LogP contribution in [0.1, 0.15) is 36.2 Å². The molecule has 0 aliphatic heterocycles. The van der Waals surface area contributed by atoms with Crippen LogP contribution in [-0.2, 0) is 9.53 Å². The lowest BCUT2D eigenvalue weighted by Gasteiger charge is -2.20. The number of halogens is 1. The summed E-state index contributed by atoms with van der Waals surface area (Å²) < 4.78 is 5.04. The minimum absolute atomic E-state index is 0.101. The molecule has 0 aliphatic rings. The molecule has 0 saturated heterocycles. The van der Waals surface area contributed by atoms with Crippen LogP contribution in [0.2, 0.25) is 5.02 Å². The number of hydrogen-bond acceptors (Lipinski definition) is 4. The normalized spacial score (nSPS) is 12.0. The van der Waals surface area contributed by atoms with E-state index in [1.54, 1.807) is 13.0 Å². The van der Waals surface area contributed by atoms with Gasteiger partial charge in [-0.15, -0.1) is 0 Å². The standard InChI is InChI=1S/C21H25ClN2O2/c1-5-26-21(25)15(2)19-7-6-8-20(23-19)18(13-14-24(3)4)16-9-11-17(22)12-10-16/h6-12,18H,2,5,13-14H2,1,3-4H3. The molecule has 0 N–H and O–H groups in total. The predicted molar refractivity (Wildman–Crippen MR) is 106 cm³/mol. The highest BCUT2D eigenvalue weighted by molar-refractivity contribution is 6.30. The summed E-state index contributed by atoms with van der Waals surface area (Å²) in [5.41, 5.74) is 2.86. The second-order valence-corrected chi connectivity index (χ2v) is 6.78. The van der Waals surface area contributed by atoms with Crippen LogP contribution < -0.4 is 0 Å². The Balaban J connectivity index is 2.35. The monoisotopic (exact) mass is 372 g/mol. The molecular weight excluding hydrogens is 348 g/mol. The second kappa shape index (κ2) is 9.51. The highest BCUT2D eigenvalue weighted by Crippen LogP contribution is 2.29. The van der Waals surface area contributed by atoms with Gasteiger partial charge in [0.05, 0.1) is 17.9 Å². The van der Waals surface area contributed by atoms with Crippen molar-refractivity contribution >= 4 is 23.1 Å². The van der Waals surface area contributed by atoms with Gasteiger partial charge in [0.2, 0.25) is 0 Å². The molecule has 1 atom stereocenters. The molecule has 26 heavy (non-hydrogen) atoms. The summed E-state index contributed by atoms with van der Waals surface area (Å²) in [6.45, 7) is 6.84. The van der Waals surface area contributed by atoms with Gasteiger partial charge in [-0.3, -0.25) is 4.98 Å². The van der Waals surface area contributed by atoms with Crippen molar-refractivity contribution in [3.8, 4) is 0 Å². The van der Waals surface area contributed by atoms with Crippen molar-refractivity contribution in [3.05, 3.63) is 71.0 Å². The molecule has 1 aromatic carbocycles. The molecule has 0 amide bonds. The van der Waals surface area contributed by atoms with Crippen LogP contribution in [0, 0.1) is 0 Å². The Kier molecular flexibility index (Phi) is 7.37. The van der Waals surface area contributed by atoms with E-state index in [-0.39, 0.29) is 11.5 Å². The summed E-state index contributed by atoms with van der Waals surface area (Å²) in [4.78, 5) is 18.8. The summed E-state index contributed by atoms with van der Waals surface area (Å²) in [5, 5.41) is 0.706. The third-order valence-electron chi connectivity index (χ3n) is 4.10. The first kappa shape index (κ1) is 20.1. The SMILES string of the molecule is C=C(C(=O)OCC)c1cccc(C(CCN(C)C)c2ccc(Cl)cc2)n1. The zero-order chi connectivity index (χ0) is 19.1. The lowest BCUT2D eigenvalue weighted by molar-refractivity contribution is -0.136. The average molecular weight is 373 g/mol. The van der Waals surface area contributed by atoms with E-state index >= 15 is 0 Å². The van der Waals surface area contributed by atoms with Crippen molar-refractivity contribution in [3.63, 3.8) is 0 Å². The predicted octanol–water partition coefficient (Wildman–Crippen LogP) is 4.39. The number of pyridine rings is 1. The maximum Gasteiger partial charge on any atom is 0.339 e. The molecule has 5 heteroatoms. The molecule has 0 aliphatic carbocycles. The van der Waals surface area contributed by atoms with Gasteiger partial charge in [0, 0.05) is 16.6 Å². The van der Waals surface area contributed by atoms with Crippen LogP contribution in [0.4, 0.5) is 0 Å². The Morgan fingerprint density at radius 3 is 2.54 bits per heavy atom. The Hall–Kier alpha value is -2.17. The van der Waals surface area contributed by atoms with Gasteiger partial charge < -0.3 is 9.64 Å². The third kappa shape index (κ3) is 5.41. The molecule has 0 bridgehead atoms. The fourth-order valence-corrected chi connectivity index (χ4v) is 2.83. The van der Waals surface area contributed by atoms with E-state index in [1.807, 2.05) is 50.5 Å². The Bertz CT molecular complexity index is 757. The molecule has 2 aromatic rings. The molecule has 2 rings (SSSR count).